The van der Waals surface area contributed by atoms with E-state index in [1.165, 1.54) is 0 Å². The maximum absolute atomic E-state index is 5.38. The van der Waals surface area contributed by atoms with E-state index >= 15 is 0 Å². The van der Waals surface area contributed by atoms with E-state index in [1.807, 2.05) is 6.92 Å². The summed E-state index contributed by atoms with van der Waals surface area (Å²) in [6, 6.07) is 0. The largest absolute Gasteiger partial charge is 0.382 e. The van der Waals surface area contributed by atoms with Gasteiger partial charge in [0.2, 0.25) is 0 Å². The predicted octanol–water partition coefficient (Wildman–Crippen LogP) is 0.784. The zero-order valence-electron chi connectivity index (χ0n) is 6.50. The van der Waals surface area contributed by atoms with E-state index in [0.717, 1.165) is 13.0 Å². The van der Waals surface area contributed by atoms with Crippen LogP contribution in [-0.2, 0) is 14.2 Å². The minimum atomic E-state index is -0.0612. The molecular weight excluding hydrogens is 132 g/mol. The average molecular weight is 146 g/mol. The summed E-state index contributed by atoms with van der Waals surface area (Å²) in [5.41, 5.74) is 0. The molecule has 0 amide bonds. The molecule has 1 heterocycles. The fourth-order valence-corrected chi connectivity index (χ4v) is 1.05. The second-order valence-electron chi connectivity index (χ2n) is 2.44. The number of methoxy groups -OCH3 is 1. The molecule has 3 nitrogen and oxygen atoms in total. The van der Waals surface area contributed by atoms with E-state index in [0.29, 0.717) is 6.61 Å². The third-order valence-electron chi connectivity index (χ3n) is 1.53. The van der Waals surface area contributed by atoms with Crippen molar-refractivity contribution in [3.05, 3.63) is 0 Å². The van der Waals surface area contributed by atoms with Gasteiger partial charge in [-0.25, -0.2) is 0 Å². The van der Waals surface area contributed by atoms with Crippen LogP contribution in [0.2, 0.25) is 0 Å². The van der Waals surface area contributed by atoms with Crippen LogP contribution in [0.4, 0.5) is 0 Å². The Labute approximate surface area is 61.3 Å². The van der Waals surface area contributed by atoms with Crippen LogP contribution in [0.15, 0.2) is 0 Å². The quantitative estimate of drug-likeness (QED) is 0.576. The zero-order chi connectivity index (χ0) is 7.40. The van der Waals surface area contributed by atoms with Crippen LogP contribution in [-0.4, -0.2) is 32.7 Å². The third-order valence-corrected chi connectivity index (χ3v) is 1.53. The molecule has 0 radical (unpaired) electrons. The summed E-state index contributed by atoms with van der Waals surface area (Å²) >= 11 is 0. The lowest BCUT2D eigenvalue weighted by atomic mass is 10.2. The molecule has 0 spiro atoms. The van der Waals surface area contributed by atoms with Crippen LogP contribution in [0.3, 0.4) is 0 Å². The monoisotopic (exact) mass is 146 g/mol. The lowest BCUT2D eigenvalue weighted by Gasteiger charge is -2.27. The van der Waals surface area contributed by atoms with E-state index in [-0.39, 0.29) is 12.4 Å². The van der Waals surface area contributed by atoms with Gasteiger partial charge >= 0.3 is 0 Å². The minimum absolute atomic E-state index is 0.0612. The first-order valence-corrected chi connectivity index (χ1v) is 3.59. The first-order valence-electron chi connectivity index (χ1n) is 3.59. The van der Waals surface area contributed by atoms with Gasteiger partial charge in [0.1, 0.15) is 0 Å². The molecule has 1 fully saturated rings. The summed E-state index contributed by atoms with van der Waals surface area (Å²) in [5, 5.41) is 0. The SMILES string of the molecule is COC[C@@H]1CCO[C@H](C)O1. The molecule has 0 unspecified atom stereocenters. The van der Waals surface area contributed by atoms with Gasteiger partial charge in [0.05, 0.1) is 19.3 Å². The molecule has 0 N–H and O–H groups in total. The van der Waals surface area contributed by atoms with Crippen LogP contribution >= 0.6 is 0 Å². The molecule has 60 valence electrons. The Morgan fingerprint density at radius 2 is 2.40 bits per heavy atom. The van der Waals surface area contributed by atoms with Gasteiger partial charge in [-0.05, 0) is 13.3 Å². The number of rotatable bonds is 2. The highest BCUT2D eigenvalue weighted by molar-refractivity contribution is 4.60. The van der Waals surface area contributed by atoms with Crippen LogP contribution < -0.4 is 0 Å². The topological polar surface area (TPSA) is 27.7 Å². The molecule has 1 aliphatic heterocycles. The van der Waals surface area contributed by atoms with Crippen LogP contribution in [0.1, 0.15) is 13.3 Å². The fourth-order valence-electron chi connectivity index (χ4n) is 1.05. The number of ether oxygens (including phenoxy) is 3. The van der Waals surface area contributed by atoms with Crippen molar-refractivity contribution in [2.45, 2.75) is 25.7 Å². The smallest absolute Gasteiger partial charge is 0.155 e. The molecule has 1 saturated heterocycles. The number of hydrogen-bond donors (Lipinski definition) is 0. The zero-order valence-corrected chi connectivity index (χ0v) is 6.50. The van der Waals surface area contributed by atoms with Crippen LogP contribution in [0, 0.1) is 0 Å². The Bertz CT molecular complexity index is 92.9. The van der Waals surface area contributed by atoms with Crippen LogP contribution in [0.5, 0.6) is 0 Å². The van der Waals surface area contributed by atoms with Crippen LogP contribution in [0.25, 0.3) is 0 Å². The molecular formula is C7H14O3. The Balaban J connectivity index is 2.18. The Kier molecular flexibility index (Phi) is 3.12. The second kappa shape index (κ2) is 3.91. The molecule has 0 bridgehead atoms. The predicted molar refractivity (Wildman–Crippen MR) is 36.8 cm³/mol. The Hall–Kier alpha value is -0.120. The van der Waals surface area contributed by atoms with Gasteiger partial charge in [0.15, 0.2) is 6.29 Å². The van der Waals surface area contributed by atoms with E-state index < -0.39 is 0 Å². The van der Waals surface area contributed by atoms with Gasteiger partial charge in [-0.3, -0.25) is 0 Å². The van der Waals surface area contributed by atoms with Crippen molar-refractivity contribution >= 4 is 0 Å². The number of hydrogen-bond acceptors (Lipinski definition) is 3. The van der Waals surface area contributed by atoms with Crippen molar-refractivity contribution < 1.29 is 14.2 Å². The maximum atomic E-state index is 5.38. The van der Waals surface area contributed by atoms with Crippen molar-refractivity contribution in [1.29, 1.82) is 0 Å². The highest BCUT2D eigenvalue weighted by Gasteiger charge is 2.18. The van der Waals surface area contributed by atoms with Crippen molar-refractivity contribution in [2.75, 3.05) is 20.3 Å². The summed E-state index contributed by atoms with van der Waals surface area (Å²) in [6.07, 6.45) is 1.11. The minimum Gasteiger partial charge on any atom is -0.382 e. The molecule has 0 aromatic rings. The van der Waals surface area contributed by atoms with Crippen molar-refractivity contribution in [1.82, 2.24) is 0 Å². The molecule has 2 atom stereocenters. The van der Waals surface area contributed by atoms with E-state index in [9.17, 15) is 0 Å². The van der Waals surface area contributed by atoms with Crippen molar-refractivity contribution in [3.63, 3.8) is 0 Å². The first kappa shape index (κ1) is 7.98. The molecule has 0 aliphatic carbocycles. The molecule has 0 aromatic carbocycles. The van der Waals surface area contributed by atoms with E-state index in [4.69, 9.17) is 14.2 Å². The fraction of sp³-hybridized carbons (Fsp3) is 1.00. The van der Waals surface area contributed by atoms with Gasteiger partial charge in [0, 0.05) is 7.11 Å². The van der Waals surface area contributed by atoms with Gasteiger partial charge in [-0.15, -0.1) is 0 Å². The molecule has 1 aliphatic rings. The van der Waals surface area contributed by atoms with Gasteiger partial charge < -0.3 is 14.2 Å². The highest BCUT2D eigenvalue weighted by atomic mass is 16.7. The normalized spacial score (nSPS) is 34.2. The lowest BCUT2D eigenvalue weighted by molar-refractivity contribution is -0.211. The van der Waals surface area contributed by atoms with E-state index in [1.54, 1.807) is 7.11 Å². The molecule has 1 rings (SSSR count). The summed E-state index contributed by atoms with van der Waals surface area (Å²) in [5.74, 6) is 0. The Morgan fingerprint density at radius 3 is 3.00 bits per heavy atom. The summed E-state index contributed by atoms with van der Waals surface area (Å²) in [4.78, 5) is 0. The molecule has 10 heavy (non-hydrogen) atoms. The summed E-state index contributed by atoms with van der Waals surface area (Å²) in [7, 11) is 1.68. The molecule has 3 heteroatoms. The summed E-state index contributed by atoms with van der Waals surface area (Å²) < 4.78 is 15.5. The molecule has 0 saturated carbocycles. The van der Waals surface area contributed by atoms with Gasteiger partial charge in [-0.1, -0.05) is 0 Å². The highest BCUT2D eigenvalue weighted by Crippen LogP contribution is 2.11. The van der Waals surface area contributed by atoms with Gasteiger partial charge in [-0.2, -0.15) is 0 Å². The standard InChI is InChI=1S/C7H14O3/c1-6-9-4-3-7(10-6)5-8-2/h6-7H,3-5H2,1-2H3/t6-,7-/m0/s1. The lowest BCUT2D eigenvalue weighted by Crippen LogP contribution is -2.32. The Morgan fingerprint density at radius 1 is 1.60 bits per heavy atom. The average Bonchev–Trinajstić information content (AvgIpc) is 1.88. The maximum Gasteiger partial charge on any atom is 0.155 e. The summed E-state index contributed by atoms with van der Waals surface area (Å²) in [6.45, 7) is 3.37. The third kappa shape index (κ3) is 2.25. The van der Waals surface area contributed by atoms with E-state index in [2.05, 4.69) is 0 Å². The second-order valence-corrected chi connectivity index (χ2v) is 2.44. The van der Waals surface area contributed by atoms with Crippen molar-refractivity contribution in [2.24, 2.45) is 0 Å². The van der Waals surface area contributed by atoms with Crippen molar-refractivity contribution in [3.8, 4) is 0 Å². The van der Waals surface area contributed by atoms with Gasteiger partial charge in [0.25, 0.3) is 0 Å². The first-order chi connectivity index (χ1) is 4.83. The molecule has 0 aromatic heterocycles.